The van der Waals surface area contributed by atoms with Gasteiger partial charge < -0.3 is 10.4 Å². The van der Waals surface area contributed by atoms with E-state index in [4.69, 9.17) is 5.11 Å². The van der Waals surface area contributed by atoms with Crippen LogP contribution in [0.3, 0.4) is 0 Å². The van der Waals surface area contributed by atoms with E-state index in [-0.39, 0.29) is 11.3 Å². The molecule has 5 nitrogen and oxygen atoms in total. The smallest absolute Gasteiger partial charge is 0.355 e. The van der Waals surface area contributed by atoms with E-state index < -0.39 is 11.9 Å². The monoisotopic (exact) mass is 330 g/mol. The van der Waals surface area contributed by atoms with Gasteiger partial charge in [-0.2, -0.15) is 0 Å². The van der Waals surface area contributed by atoms with Gasteiger partial charge >= 0.3 is 5.97 Å². The molecule has 0 unspecified atom stereocenters. The zero-order chi connectivity index (χ0) is 17.4. The molecule has 2 N–H and O–H groups in total. The van der Waals surface area contributed by atoms with Crippen molar-refractivity contribution < 1.29 is 14.7 Å². The number of nitrogens with zero attached hydrogens (tertiary/aromatic N) is 1. The number of fused-ring (bicyclic) bond motifs is 3. The summed E-state index contributed by atoms with van der Waals surface area (Å²) in [6, 6.07) is 17.0. The highest BCUT2D eigenvalue weighted by Crippen LogP contribution is 2.37. The number of pyridine rings is 1. The molecule has 0 atom stereocenters. The van der Waals surface area contributed by atoms with Gasteiger partial charge in [-0.3, -0.25) is 4.79 Å². The maximum absolute atomic E-state index is 12.4. The Hall–Kier alpha value is -3.47. The minimum Gasteiger partial charge on any atom is -0.476 e. The predicted octanol–water partition coefficient (Wildman–Crippen LogP) is 3.60. The van der Waals surface area contributed by atoms with Crippen molar-refractivity contribution in [3.05, 3.63) is 83.2 Å². The number of nitrogens with one attached hydrogen (secondary N) is 1. The van der Waals surface area contributed by atoms with Crippen LogP contribution >= 0.6 is 0 Å². The Morgan fingerprint density at radius 1 is 0.960 bits per heavy atom. The molecule has 5 heteroatoms. The predicted molar refractivity (Wildman–Crippen MR) is 93.8 cm³/mol. The van der Waals surface area contributed by atoms with Crippen molar-refractivity contribution in [2.45, 2.75) is 6.42 Å². The second-order valence-electron chi connectivity index (χ2n) is 5.86. The molecule has 0 saturated heterocycles. The van der Waals surface area contributed by atoms with Gasteiger partial charge in [0.2, 0.25) is 0 Å². The van der Waals surface area contributed by atoms with Gasteiger partial charge in [-0.25, -0.2) is 9.78 Å². The van der Waals surface area contributed by atoms with Crippen molar-refractivity contribution in [3.8, 4) is 11.1 Å². The number of carboxylic acid groups (broad SMARTS) is 1. The molecular formula is C20H14N2O3. The quantitative estimate of drug-likeness (QED) is 0.601. The van der Waals surface area contributed by atoms with Crippen LogP contribution in [0.1, 0.15) is 32.0 Å². The molecule has 3 aromatic rings. The van der Waals surface area contributed by atoms with Crippen LogP contribution < -0.4 is 5.32 Å². The summed E-state index contributed by atoms with van der Waals surface area (Å²) in [6.45, 7) is 0. The van der Waals surface area contributed by atoms with E-state index in [2.05, 4.69) is 22.4 Å². The summed E-state index contributed by atoms with van der Waals surface area (Å²) in [5.41, 5.74) is 5.21. The number of hydrogen-bond acceptors (Lipinski definition) is 3. The SMILES string of the molecule is O=C(Nc1ccc2c(c1)Cc1ccccc1-2)c1cccnc1C(=O)O. The highest BCUT2D eigenvalue weighted by Gasteiger charge is 2.20. The summed E-state index contributed by atoms with van der Waals surface area (Å²) < 4.78 is 0. The third-order valence-corrected chi connectivity index (χ3v) is 4.31. The molecule has 25 heavy (non-hydrogen) atoms. The van der Waals surface area contributed by atoms with Crippen LogP contribution in [0.25, 0.3) is 11.1 Å². The number of benzene rings is 2. The lowest BCUT2D eigenvalue weighted by Gasteiger charge is -2.09. The van der Waals surface area contributed by atoms with E-state index in [1.165, 1.54) is 29.0 Å². The van der Waals surface area contributed by atoms with Gasteiger partial charge in [0.05, 0.1) is 5.56 Å². The standard InChI is InChI=1S/C20H14N2O3/c23-19(17-6-3-9-21-18(17)20(24)25)22-14-7-8-16-13(11-14)10-12-4-1-2-5-15(12)16/h1-9,11H,10H2,(H,22,23)(H,24,25). The molecule has 0 aliphatic heterocycles. The second-order valence-corrected chi connectivity index (χ2v) is 5.86. The van der Waals surface area contributed by atoms with Crippen molar-refractivity contribution in [1.29, 1.82) is 0 Å². The summed E-state index contributed by atoms with van der Waals surface area (Å²) in [7, 11) is 0. The molecule has 0 bridgehead atoms. The van der Waals surface area contributed by atoms with E-state index in [1.807, 2.05) is 30.3 Å². The van der Waals surface area contributed by atoms with Crippen LogP contribution in [0.4, 0.5) is 5.69 Å². The molecule has 0 saturated carbocycles. The van der Waals surface area contributed by atoms with Gasteiger partial charge in [-0.15, -0.1) is 0 Å². The van der Waals surface area contributed by atoms with E-state index in [0.29, 0.717) is 5.69 Å². The first kappa shape index (κ1) is 15.1. The molecule has 2 aromatic carbocycles. The zero-order valence-electron chi connectivity index (χ0n) is 13.2. The number of amides is 1. The molecule has 0 fully saturated rings. The second kappa shape index (κ2) is 5.87. The average Bonchev–Trinajstić information content (AvgIpc) is 2.99. The summed E-state index contributed by atoms with van der Waals surface area (Å²) in [4.78, 5) is 27.4. The Labute approximate surface area is 144 Å². The lowest BCUT2D eigenvalue weighted by atomic mass is 10.1. The third-order valence-electron chi connectivity index (χ3n) is 4.31. The summed E-state index contributed by atoms with van der Waals surface area (Å²) in [5.74, 6) is -1.71. The highest BCUT2D eigenvalue weighted by molar-refractivity contribution is 6.10. The highest BCUT2D eigenvalue weighted by atomic mass is 16.4. The Balaban J connectivity index is 1.62. The molecule has 0 radical (unpaired) electrons. The number of aromatic nitrogens is 1. The largest absolute Gasteiger partial charge is 0.476 e. The van der Waals surface area contributed by atoms with Gasteiger partial charge in [-0.05, 0) is 52.9 Å². The first-order chi connectivity index (χ1) is 12.1. The molecule has 122 valence electrons. The van der Waals surface area contributed by atoms with Crippen LogP contribution in [0, 0.1) is 0 Å². The molecule has 1 aliphatic carbocycles. The Morgan fingerprint density at radius 3 is 2.60 bits per heavy atom. The minimum atomic E-state index is -1.23. The fraction of sp³-hybridized carbons (Fsp3) is 0.0500. The summed E-state index contributed by atoms with van der Waals surface area (Å²) >= 11 is 0. The fourth-order valence-corrected chi connectivity index (χ4v) is 3.18. The summed E-state index contributed by atoms with van der Waals surface area (Å²) in [6.07, 6.45) is 2.18. The van der Waals surface area contributed by atoms with Crippen LogP contribution in [-0.2, 0) is 6.42 Å². The maximum Gasteiger partial charge on any atom is 0.355 e. The number of rotatable bonds is 3. The van der Waals surface area contributed by atoms with Crippen molar-refractivity contribution in [2.24, 2.45) is 0 Å². The maximum atomic E-state index is 12.4. The van der Waals surface area contributed by atoms with Crippen LogP contribution in [0.15, 0.2) is 60.8 Å². The number of carbonyl (C=O) groups is 2. The zero-order valence-corrected chi connectivity index (χ0v) is 13.2. The summed E-state index contributed by atoms with van der Waals surface area (Å²) in [5, 5.41) is 11.9. The van der Waals surface area contributed by atoms with E-state index in [0.717, 1.165) is 12.0 Å². The third kappa shape index (κ3) is 2.65. The van der Waals surface area contributed by atoms with Crippen molar-refractivity contribution in [1.82, 2.24) is 4.98 Å². The van der Waals surface area contributed by atoms with Crippen molar-refractivity contribution in [2.75, 3.05) is 5.32 Å². The lowest BCUT2D eigenvalue weighted by Crippen LogP contribution is -2.17. The van der Waals surface area contributed by atoms with Crippen LogP contribution in [0.2, 0.25) is 0 Å². The van der Waals surface area contributed by atoms with E-state index >= 15 is 0 Å². The van der Waals surface area contributed by atoms with Crippen LogP contribution in [-0.4, -0.2) is 22.0 Å². The van der Waals surface area contributed by atoms with Crippen molar-refractivity contribution in [3.63, 3.8) is 0 Å². The van der Waals surface area contributed by atoms with Gasteiger partial charge in [0.1, 0.15) is 0 Å². The van der Waals surface area contributed by atoms with E-state index in [9.17, 15) is 9.59 Å². The molecule has 4 rings (SSSR count). The Morgan fingerprint density at radius 2 is 1.76 bits per heavy atom. The first-order valence-electron chi connectivity index (χ1n) is 7.84. The normalized spacial score (nSPS) is 11.5. The Bertz CT molecular complexity index is 1010. The molecule has 1 amide bonds. The number of hydrogen-bond donors (Lipinski definition) is 2. The average molecular weight is 330 g/mol. The van der Waals surface area contributed by atoms with Crippen molar-refractivity contribution >= 4 is 17.6 Å². The van der Waals surface area contributed by atoms with Gasteiger partial charge in [0, 0.05) is 11.9 Å². The van der Waals surface area contributed by atoms with Gasteiger partial charge in [-0.1, -0.05) is 30.3 Å². The molecule has 1 aliphatic rings. The molecular weight excluding hydrogens is 316 g/mol. The number of carboxylic acids is 1. The number of anilines is 1. The topological polar surface area (TPSA) is 79.3 Å². The fourth-order valence-electron chi connectivity index (χ4n) is 3.18. The minimum absolute atomic E-state index is 0.0405. The van der Waals surface area contributed by atoms with E-state index in [1.54, 1.807) is 6.07 Å². The number of carbonyl (C=O) groups excluding carboxylic acids is 1. The van der Waals surface area contributed by atoms with Gasteiger partial charge in [0.25, 0.3) is 5.91 Å². The van der Waals surface area contributed by atoms with Crippen LogP contribution in [0.5, 0.6) is 0 Å². The lowest BCUT2D eigenvalue weighted by molar-refractivity contribution is 0.0686. The number of aromatic carboxylic acids is 1. The Kier molecular flexibility index (Phi) is 3.54. The molecule has 0 spiro atoms. The molecule has 1 aromatic heterocycles. The first-order valence-corrected chi connectivity index (χ1v) is 7.84. The van der Waals surface area contributed by atoms with Gasteiger partial charge in [0.15, 0.2) is 5.69 Å². The molecule has 1 heterocycles.